The van der Waals surface area contributed by atoms with Crippen molar-refractivity contribution in [3.05, 3.63) is 66.4 Å². The van der Waals surface area contributed by atoms with Crippen molar-refractivity contribution in [2.75, 3.05) is 18.5 Å². The first kappa shape index (κ1) is 15.2. The molecule has 4 heteroatoms. The zero-order valence-corrected chi connectivity index (χ0v) is 13.1. The smallest absolute Gasteiger partial charge is 0.212 e. The van der Waals surface area contributed by atoms with Gasteiger partial charge in [-0.05, 0) is 30.3 Å². The third kappa shape index (κ3) is 3.55. The summed E-state index contributed by atoms with van der Waals surface area (Å²) in [6, 6.07) is 18.2. The van der Waals surface area contributed by atoms with Crippen molar-refractivity contribution in [1.29, 1.82) is 0 Å². The minimum absolute atomic E-state index is 0.123. The molecular formula is C19H20N3O+. The minimum atomic E-state index is 0.123. The van der Waals surface area contributed by atoms with E-state index in [-0.39, 0.29) is 6.61 Å². The van der Waals surface area contributed by atoms with Crippen LogP contribution in [0.15, 0.2) is 65.8 Å². The van der Waals surface area contributed by atoms with Gasteiger partial charge in [0.15, 0.2) is 6.20 Å². The molecule has 0 saturated heterocycles. The van der Waals surface area contributed by atoms with Crippen molar-refractivity contribution in [3.63, 3.8) is 0 Å². The van der Waals surface area contributed by atoms with E-state index < -0.39 is 0 Å². The van der Waals surface area contributed by atoms with Gasteiger partial charge >= 0.3 is 0 Å². The van der Waals surface area contributed by atoms with Crippen LogP contribution in [0.2, 0.25) is 0 Å². The summed E-state index contributed by atoms with van der Waals surface area (Å²) >= 11 is 0. The molecule has 0 spiro atoms. The number of nitrogens with zero attached hydrogens (tertiary/aromatic N) is 2. The molecule has 0 saturated carbocycles. The average Bonchev–Trinajstić information content (AvgIpc) is 2.60. The average molecular weight is 306 g/mol. The Hall–Kier alpha value is -2.72. The van der Waals surface area contributed by atoms with E-state index in [4.69, 9.17) is 5.11 Å². The lowest BCUT2D eigenvalue weighted by atomic mass is 10.1. The molecule has 0 unspecified atom stereocenters. The topological polar surface area (TPSA) is 48.5 Å². The Morgan fingerprint density at radius 1 is 1.09 bits per heavy atom. The fourth-order valence-corrected chi connectivity index (χ4v) is 2.51. The molecule has 0 aliphatic rings. The lowest BCUT2D eigenvalue weighted by Crippen LogP contribution is -2.28. The Balaban J connectivity index is 1.84. The van der Waals surface area contributed by atoms with Crippen LogP contribution in [0.5, 0.6) is 0 Å². The number of pyridine rings is 1. The predicted octanol–water partition coefficient (Wildman–Crippen LogP) is 2.82. The van der Waals surface area contributed by atoms with Gasteiger partial charge in [0, 0.05) is 36.1 Å². The molecule has 2 N–H and O–H groups in total. The van der Waals surface area contributed by atoms with Gasteiger partial charge in [-0.3, -0.25) is 4.99 Å². The molecule has 0 bridgehead atoms. The molecule has 1 aromatic heterocycles. The van der Waals surface area contributed by atoms with Gasteiger partial charge in [0.25, 0.3) is 0 Å². The Bertz CT molecular complexity index is 826. The highest BCUT2D eigenvalue weighted by Gasteiger charge is 2.06. The SMILES string of the molecule is C[n+]1ccc(C=Nc2ccc(NCCO)cc2)c2ccccc21. The highest BCUT2D eigenvalue weighted by atomic mass is 16.3. The maximum absolute atomic E-state index is 8.81. The fraction of sp³-hybridized carbons (Fsp3) is 0.158. The first-order chi connectivity index (χ1) is 11.3. The highest BCUT2D eigenvalue weighted by Crippen LogP contribution is 2.18. The van der Waals surface area contributed by atoms with Gasteiger partial charge < -0.3 is 10.4 Å². The number of aliphatic imine (C=N–C) groups is 1. The summed E-state index contributed by atoms with van der Waals surface area (Å²) in [5, 5.41) is 13.1. The van der Waals surface area contributed by atoms with Crippen molar-refractivity contribution >= 4 is 28.5 Å². The third-order valence-corrected chi connectivity index (χ3v) is 3.73. The largest absolute Gasteiger partial charge is 0.395 e. The van der Waals surface area contributed by atoms with E-state index in [1.807, 2.05) is 55.9 Å². The molecule has 23 heavy (non-hydrogen) atoms. The molecule has 0 aliphatic heterocycles. The third-order valence-electron chi connectivity index (χ3n) is 3.73. The number of fused-ring (bicyclic) bond motifs is 1. The van der Waals surface area contributed by atoms with E-state index >= 15 is 0 Å². The van der Waals surface area contributed by atoms with Crippen LogP contribution in [-0.4, -0.2) is 24.5 Å². The summed E-state index contributed by atoms with van der Waals surface area (Å²) in [7, 11) is 2.04. The zero-order chi connectivity index (χ0) is 16.1. The van der Waals surface area contributed by atoms with E-state index in [0.29, 0.717) is 6.54 Å². The molecule has 0 atom stereocenters. The molecular weight excluding hydrogens is 286 g/mol. The van der Waals surface area contributed by atoms with Gasteiger partial charge in [-0.25, -0.2) is 4.57 Å². The van der Waals surface area contributed by atoms with Crippen molar-refractivity contribution in [3.8, 4) is 0 Å². The van der Waals surface area contributed by atoms with Crippen LogP contribution in [0.1, 0.15) is 5.56 Å². The van der Waals surface area contributed by atoms with Gasteiger partial charge in [0.1, 0.15) is 7.05 Å². The second-order valence-electron chi connectivity index (χ2n) is 5.35. The number of hydrogen-bond donors (Lipinski definition) is 2. The lowest BCUT2D eigenvalue weighted by molar-refractivity contribution is -0.644. The predicted molar refractivity (Wildman–Crippen MR) is 94.4 cm³/mol. The maximum atomic E-state index is 8.81. The first-order valence-electron chi connectivity index (χ1n) is 7.64. The van der Waals surface area contributed by atoms with Gasteiger partial charge in [0.05, 0.1) is 17.7 Å². The van der Waals surface area contributed by atoms with Crippen molar-refractivity contribution in [2.24, 2.45) is 12.0 Å². The number of aliphatic hydroxyl groups is 1. The van der Waals surface area contributed by atoms with Crippen LogP contribution < -0.4 is 9.88 Å². The number of hydrogen-bond acceptors (Lipinski definition) is 3. The fourth-order valence-electron chi connectivity index (χ4n) is 2.51. The molecule has 2 aromatic carbocycles. The number of aliphatic hydroxyl groups excluding tert-OH is 1. The van der Waals surface area contributed by atoms with Crippen LogP contribution >= 0.6 is 0 Å². The summed E-state index contributed by atoms with van der Waals surface area (Å²) in [4.78, 5) is 4.57. The summed E-state index contributed by atoms with van der Waals surface area (Å²) in [5.74, 6) is 0. The number of rotatable bonds is 5. The number of para-hydroxylation sites is 1. The molecule has 3 aromatic rings. The molecule has 116 valence electrons. The van der Waals surface area contributed by atoms with Crippen molar-refractivity contribution < 1.29 is 9.67 Å². The Kier molecular flexibility index (Phi) is 4.64. The Morgan fingerprint density at radius 2 is 1.87 bits per heavy atom. The Labute approximate surface area is 135 Å². The van der Waals surface area contributed by atoms with E-state index in [0.717, 1.165) is 16.9 Å². The monoisotopic (exact) mass is 306 g/mol. The van der Waals surface area contributed by atoms with Crippen LogP contribution in [0.4, 0.5) is 11.4 Å². The molecule has 0 radical (unpaired) electrons. The summed E-state index contributed by atoms with van der Waals surface area (Å²) in [6.45, 7) is 0.675. The van der Waals surface area contributed by atoms with Gasteiger partial charge in [-0.2, -0.15) is 0 Å². The number of aryl methyl sites for hydroxylation is 1. The van der Waals surface area contributed by atoms with E-state index in [9.17, 15) is 0 Å². The molecule has 0 fully saturated rings. The quantitative estimate of drug-likeness (QED) is 0.562. The molecule has 0 aliphatic carbocycles. The summed E-state index contributed by atoms with van der Waals surface area (Å²) in [6.07, 6.45) is 3.95. The van der Waals surface area contributed by atoms with Crippen LogP contribution in [0.3, 0.4) is 0 Å². The standard InChI is InChI=1S/C19H19N3O/c1-22-12-10-15(18-4-2-3-5-19(18)22)14-21-17-8-6-16(7-9-17)20-11-13-23/h2-10,12,14,23H,11,13H2,1H3/p+1. The van der Waals surface area contributed by atoms with E-state index in [1.165, 1.54) is 10.9 Å². The van der Waals surface area contributed by atoms with Gasteiger partial charge in [0.2, 0.25) is 5.52 Å². The first-order valence-corrected chi connectivity index (χ1v) is 7.64. The van der Waals surface area contributed by atoms with Gasteiger partial charge in [-0.1, -0.05) is 12.1 Å². The lowest BCUT2D eigenvalue weighted by Gasteiger charge is -2.04. The summed E-state index contributed by atoms with van der Waals surface area (Å²) in [5.41, 5.74) is 4.16. The van der Waals surface area contributed by atoms with Crippen molar-refractivity contribution in [1.82, 2.24) is 0 Å². The molecule has 1 heterocycles. The minimum Gasteiger partial charge on any atom is -0.395 e. The molecule has 4 nitrogen and oxygen atoms in total. The molecule has 0 amide bonds. The number of anilines is 1. The number of nitrogens with one attached hydrogen (secondary N) is 1. The Morgan fingerprint density at radius 3 is 2.65 bits per heavy atom. The second kappa shape index (κ2) is 7.03. The van der Waals surface area contributed by atoms with Crippen molar-refractivity contribution in [2.45, 2.75) is 0 Å². The molecule has 3 rings (SSSR count). The van der Waals surface area contributed by atoms with E-state index in [2.05, 4.69) is 33.1 Å². The number of benzene rings is 2. The number of aromatic nitrogens is 1. The second-order valence-corrected chi connectivity index (χ2v) is 5.35. The van der Waals surface area contributed by atoms with E-state index in [1.54, 1.807) is 0 Å². The maximum Gasteiger partial charge on any atom is 0.212 e. The van der Waals surface area contributed by atoms with Crippen LogP contribution in [-0.2, 0) is 7.05 Å². The van der Waals surface area contributed by atoms with Crippen LogP contribution in [0, 0.1) is 0 Å². The van der Waals surface area contributed by atoms with Gasteiger partial charge in [-0.15, -0.1) is 0 Å². The zero-order valence-electron chi connectivity index (χ0n) is 13.1. The highest BCUT2D eigenvalue weighted by molar-refractivity contribution is 5.97. The normalized spacial score (nSPS) is 11.2. The summed E-state index contributed by atoms with van der Waals surface area (Å²) < 4.78 is 2.11. The van der Waals surface area contributed by atoms with Crippen LogP contribution in [0.25, 0.3) is 10.9 Å².